The largest absolute Gasteiger partial charge is 0.441 e. The summed E-state index contributed by atoms with van der Waals surface area (Å²) in [6.07, 6.45) is 0. The van der Waals surface area contributed by atoms with E-state index in [2.05, 4.69) is 14.9 Å². The molecular formula is C15H12ClN3O4S. The summed E-state index contributed by atoms with van der Waals surface area (Å²) in [5.74, 6) is 0.210. The number of aryl methyl sites for hydroxylation is 1. The van der Waals surface area contributed by atoms with Crippen molar-refractivity contribution in [3.05, 3.63) is 63.4 Å². The quantitative estimate of drug-likeness (QED) is 0.739. The van der Waals surface area contributed by atoms with E-state index in [4.69, 9.17) is 16.0 Å². The van der Waals surface area contributed by atoms with E-state index in [0.29, 0.717) is 5.69 Å². The van der Waals surface area contributed by atoms with Gasteiger partial charge in [0.05, 0.1) is 10.7 Å². The first-order valence-corrected chi connectivity index (χ1v) is 8.66. The second-order valence-corrected chi connectivity index (χ2v) is 7.03. The number of rotatable bonds is 4. The van der Waals surface area contributed by atoms with Crippen LogP contribution in [0.4, 0.5) is 5.69 Å². The van der Waals surface area contributed by atoms with Crippen LogP contribution < -0.4 is 10.3 Å². The molecule has 7 nitrogen and oxygen atoms in total. The number of hydrogen-bond acceptors (Lipinski definition) is 5. The van der Waals surface area contributed by atoms with Crippen LogP contribution in [0.15, 0.2) is 56.8 Å². The molecule has 2 aromatic heterocycles. The smallest absolute Gasteiger partial charge is 0.295 e. The van der Waals surface area contributed by atoms with E-state index in [1.54, 1.807) is 18.2 Å². The number of hydrogen-bond donors (Lipinski definition) is 2. The molecule has 24 heavy (non-hydrogen) atoms. The third-order valence-electron chi connectivity index (χ3n) is 3.15. The summed E-state index contributed by atoms with van der Waals surface area (Å²) in [4.78, 5) is 11.0. The van der Waals surface area contributed by atoms with E-state index >= 15 is 0 Å². The van der Waals surface area contributed by atoms with Crippen molar-refractivity contribution in [3.63, 3.8) is 0 Å². The minimum absolute atomic E-state index is 0.210. The number of benzene rings is 1. The predicted octanol–water partition coefficient (Wildman–Crippen LogP) is 2.79. The van der Waals surface area contributed by atoms with Crippen LogP contribution >= 0.6 is 11.6 Å². The highest BCUT2D eigenvalue weighted by molar-refractivity contribution is 7.92. The third-order valence-corrected chi connectivity index (χ3v) is 4.70. The lowest BCUT2D eigenvalue weighted by atomic mass is 10.2. The number of anilines is 1. The minimum atomic E-state index is -3.94. The second-order valence-electron chi connectivity index (χ2n) is 5.01. The monoisotopic (exact) mass is 365 g/mol. The lowest BCUT2D eigenvalue weighted by Gasteiger charge is -2.08. The number of sulfonamides is 1. The van der Waals surface area contributed by atoms with Crippen LogP contribution in [0.3, 0.4) is 0 Å². The maximum Gasteiger partial charge on any atom is 0.295 e. The Hall–Kier alpha value is -2.58. The van der Waals surface area contributed by atoms with Crippen LogP contribution in [-0.2, 0) is 10.0 Å². The number of nitrogens with zero attached hydrogens (tertiary/aromatic N) is 1. The van der Waals surface area contributed by atoms with Crippen molar-refractivity contribution in [3.8, 4) is 11.5 Å². The average molecular weight is 366 g/mol. The van der Waals surface area contributed by atoms with Gasteiger partial charge in [-0.2, -0.15) is 13.5 Å². The molecule has 0 saturated carbocycles. The highest BCUT2D eigenvalue weighted by Crippen LogP contribution is 2.27. The Morgan fingerprint density at radius 3 is 2.62 bits per heavy atom. The molecule has 9 heteroatoms. The zero-order chi connectivity index (χ0) is 17.3. The van der Waals surface area contributed by atoms with Gasteiger partial charge < -0.3 is 4.42 Å². The maximum absolute atomic E-state index is 12.4. The molecule has 2 N–H and O–H groups in total. The molecule has 124 valence electrons. The molecular weight excluding hydrogens is 354 g/mol. The standard InChI is InChI=1S/C15H12ClN3O4S/c1-9-2-3-11(10(16)8-9)19-24(21,22)15-7-5-13(23-15)12-4-6-14(20)18-17-12/h2-8,19H,1H3,(H,18,20). The van der Waals surface area contributed by atoms with Crippen molar-refractivity contribution < 1.29 is 12.8 Å². The van der Waals surface area contributed by atoms with Crippen molar-refractivity contribution in [2.24, 2.45) is 0 Å². The van der Waals surface area contributed by atoms with E-state index in [-0.39, 0.29) is 27.1 Å². The van der Waals surface area contributed by atoms with E-state index in [9.17, 15) is 13.2 Å². The first-order chi connectivity index (χ1) is 11.3. The molecule has 0 atom stereocenters. The molecule has 3 rings (SSSR count). The summed E-state index contributed by atoms with van der Waals surface area (Å²) in [7, 11) is -3.94. The van der Waals surface area contributed by atoms with Gasteiger partial charge in [0.2, 0.25) is 5.09 Å². The molecule has 0 aliphatic rings. The Morgan fingerprint density at radius 2 is 1.96 bits per heavy atom. The average Bonchev–Trinajstić information content (AvgIpc) is 3.02. The Labute approximate surface area is 142 Å². The fraction of sp³-hybridized carbons (Fsp3) is 0.0667. The molecule has 0 aliphatic heterocycles. The molecule has 0 aliphatic carbocycles. The molecule has 0 bridgehead atoms. The van der Waals surface area contributed by atoms with Gasteiger partial charge in [-0.3, -0.25) is 9.52 Å². The lowest BCUT2D eigenvalue weighted by Crippen LogP contribution is -2.12. The minimum Gasteiger partial charge on any atom is -0.441 e. The van der Waals surface area contributed by atoms with Crippen LogP contribution in [0.2, 0.25) is 5.02 Å². The summed E-state index contributed by atoms with van der Waals surface area (Å²) in [6.45, 7) is 1.85. The lowest BCUT2D eigenvalue weighted by molar-refractivity contribution is 0.461. The summed E-state index contributed by atoms with van der Waals surface area (Å²) in [5, 5.41) is 6.03. The highest BCUT2D eigenvalue weighted by Gasteiger charge is 2.21. The van der Waals surface area contributed by atoms with E-state index in [1.807, 2.05) is 6.92 Å². The topological polar surface area (TPSA) is 105 Å². The van der Waals surface area contributed by atoms with Crippen molar-refractivity contribution in [2.45, 2.75) is 12.0 Å². The fourth-order valence-electron chi connectivity index (χ4n) is 1.98. The van der Waals surface area contributed by atoms with E-state index in [1.165, 1.54) is 24.3 Å². The Kier molecular flexibility index (Phi) is 4.16. The van der Waals surface area contributed by atoms with Gasteiger partial charge in [0.1, 0.15) is 5.69 Å². The molecule has 0 fully saturated rings. The third kappa shape index (κ3) is 3.34. The van der Waals surface area contributed by atoms with Crippen molar-refractivity contribution in [2.75, 3.05) is 4.72 Å². The van der Waals surface area contributed by atoms with Crippen LogP contribution in [-0.4, -0.2) is 18.6 Å². The molecule has 0 spiro atoms. The van der Waals surface area contributed by atoms with Gasteiger partial charge in [0.15, 0.2) is 5.76 Å². The van der Waals surface area contributed by atoms with Crippen molar-refractivity contribution in [1.29, 1.82) is 0 Å². The molecule has 0 unspecified atom stereocenters. The Bertz CT molecular complexity index is 1040. The van der Waals surface area contributed by atoms with Gasteiger partial charge in [-0.15, -0.1) is 0 Å². The van der Waals surface area contributed by atoms with Gasteiger partial charge in [0, 0.05) is 6.07 Å². The molecule has 0 radical (unpaired) electrons. The van der Waals surface area contributed by atoms with E-state index < -0.39 is 10.0 Å². The summed E-state index contributed by atoms with van der Waals surface area (Å²) in [5.41, 5.74) is 1.10. The van der Waals surface area contributed by atoms with Crippen LogP contribution in [0.1, 0.15) is 5.56 Å². The molecule has 0 amide bonds. The van der Waals surface area contributed by atoms with Crippen molar-refractivity contribution >= 4 is 27.3 Å². The first kappa shape index (κ1) is 16.3. The highest BCUT2D eigenvalue weighted by atomic mass is 35.5. The number of nitrogens with one attached hydrogen (secondary N) is 2. The van der Waals surface area contributed by atoms with Gasteiger partial charge in [0.25, 0.3) is 15.6 Å². The van der Waals surface area contributed by atoms with Crippen LogP contribution in [0.5, 0.6) is 0 Å². The number of aromatic nitrogens is 2. The van der Waals surface area contributed by atoms with Gasteiger partial charge >= 0.3 is 0 Å². The number of aromatic amines is 1. The van der Waals surface area contributed by atoms with Gasteiger partial charge in [-0.05, 0) is 42.8 Å². The second kappa shape index (κ2) is 6.14. The SMILES string of the molecule is Cc1ccc(NS(=O)(=O)c2ccc(-c3ccc(=O)[nH]n3)o2)c(Cl)c1. The molecule has 1 aromatic carbocycles. The van der Waals surface area contributed by atoms with E-state index in [0.717, 1.165) is 5.56 Å². The maximum atomic E-state index is 12.4. The Morgan fingerprint density at radius 1 is 1.17 bits per heavy atom. The van der Waals surface area contributed by atoms with Gasteiger partial charge in [-0.25, -0.2) is 5.10 Å². The summed E-state index contributed by atoms with van der Waals surface area (Å²) in [6, 6.07) is 10.4. The summed E-state index contributed by atoms with van der Waals surface area (Å²) >= 11 is 6.04. The molecule has 2 heterocycles. The normalized spacial score (nSPS) is 11.4. The predicted molar refractivity (Wildman–Crippen MR) is 89.6 cm³/mol. The zero-order valence-corrected chi connectivity index (χ0v) is 14.0. The fourth-order valence-corrected chi connectivity index (χ4v) is 3.34. The first-order valence-electron chi connectivity index (χ1n) is 6.80. The van der Waals surface area contributed by atoms with Crippen LogP contribution in [0.25, 0.3) is 11.5 Å². The zero-order valence-electron chi connectivity index (χ0n) is 12.4. The Balaban J connectivity index is 1.90. The molecule has 3 aromatic rings. The molecule has 0 saturated heterocycles. The summed E-state index contributed by atoms with van der Waals surface area (Å²) < 4.78 is 32.5. The van der Waals surface area contributed by atoms with Gasteiger partial charge in [-0.1, -0.05) is 17.7 Å². The van der Waals surface area contributed by atoms with Crippen molar-refractivity contribution in [1.82, 2.24) is 10.2 Å². The number of H-pyrrole nitrogens is 1. The number of furan rings is 1. The van der Waals surface area contributed by atoms with Crippen LogP contribution in [0, 0.1) is 6.92 Å². The number of halogens is 1.